The Balaban J connectivity index is 2.49. The number of carbonyl (C=O) groups is 1. The Labute approximate surface area is 96.0 Å². The van der Waals surface area contributed by atoms with Crippen LogP contribution in [0.15, 0.2) is 0 Å². The third-order valence-electron chi connectivity index (χ3n) is 2.51. The molecule has 1 rings (SSSR count). The fourth-order valence-corrected chi connectivity index (χ4v) is 3.28. The molecule has 0 spiro atoms. The minimum atomic E-state index is -3.14. The number of hydrogen-bond acceptors (Lipinski definition) is 4. The molecule has 1 fully saturated rings. The number of carbonyl (C=O) groups excluding carboxylic acids is 1. The van der Waals surface area contributed by atoms with E-state index in [0.717, 1.165) is 0 Å². The average molecular weight is 250 g/mol. The van der Waals surface area contributed by atoms with E-state index in [2.05, 4.69) is 10.1 Å². The molecule has 0 aromatic heterocycles. The van der Waals surface area contributed by atoms with Crippen molar-refractivity contribution in [2.24, 2.45) is 0 Å². The summed E-state index contributed by atoms with van der Waals surface area (Å²) < 4.78 is 29.3. The predicted molar refractivity (Wildman–Crippen MR) is 59.6 cm³/mol. The molecular formula is C9H18N2O4S. The molecule has 1 aliphatic rings. The van der Waals surface area contributed by atoms with Crippen LogP contribution in [0.1, 0.15) is 19.8 Å². The van der Waals surface area contributed by atoms with Gasteiger partial charge in [-0.25, -0.2) is 13.2 Å². The topological polar surface area (TPSA) is 75.7 Å². The second-order valence-electron chi connectivity index (χ2n) is 3.80. The normalized spacial score (nSPS) is 22.0. The van der Waals surface area contributed by atoms with Crippen molar-refractivity contribution in [2.45, 2.75) is 25.8 Å². The maximum atomic E-state index is 11.7. The highest BCUT2D eigenvalue weighted by Crippen LogP contribution is 2.14. The Hall–Kier alpha value is -0.820. The van der Waals surface area contributed by atoms with Gasteiger partial charge in [-0.2, -0.15) is 4.31 Å². The number of rotatable bonds is 4. The van der Waals surface area contributed by atoms with Crippen molar-refractivity contribution in [1.82, 2.24) is 9.62 Å². The van der Waals surface area contributed by atoms with Gasteiger partial charge in [-0.15, -0.1) is 0 Å². The van der Waals surface area contributed by atoms with Crippen LogP contribution in [0.3, 0.4) is 0 Å². The van der Waals surface area contributed by atoms with E-state index in [1.54, 1.807) is 0 Å². The van der Waals surface area contributed by atoms with E-state index < -0.39 is 16.1 Å². The lowest BCUT2D eigenvalue weighted by molar-refractivity contribution is 0.167. The first-order chi connectivity index (χ1) is 7.49. The molecule has 1 amide bonds. The molecule has 0 radical (unpaired) electrons. The molecule has 0 saturated carbocycles. The zero-order chi connectivity index (χ0) is 12.2. The summed E-state index contributed by atoms with van der Waals surface area (Å²) in [6, 6.07) is -0.140. The van der Waals surface area contributed by atoms with Gasteiger partial charge >= 0.3 is 6.09 Å². The van der Waals surface area contributed by atoms with Crippen LogP contribution in [0, 0.1) is 0 Å². The lowest BCUT2D eigenvalue weighted by atomic mass is 10.3. The summed E-state index contributed by atoms with van der Waals surface area (Å²) in [5.74, 6) is 0.165. The number of alkyl carbamates (subject to hydrolysis) is 1. The number of methoxy groups -OCH3 is 1. The fraction of sp³-hybridized carbons (Fsp3) is 0.889. The Morgan fingerprint density at radius 2 is 2.25 bits per heavy atom. The second kappa shape index (κ2) is 5.49. The Kier molecular flexibility index (Phi) is 4.55. The first kappa shape index (κ1) is 13.2. The van der Waals surface area contributed by atoms with E-state index in [1.807, 2.05) is 6.92 Å². The highest BCUT2D eigenvalue weighted by atomic mass is 32.2. The van der Waals surface area contributed by atoms with Crippen LogP contribution in [0.25, 0.3) is 0 Å². The number of sulfonamides is 1. The van der Waals surface area contributed by atoms with E-state index in [-0.39, 0.29) is 11.8 Å². The molecule has 1 aliphatic heterocycles. The Morgan fingerprint density at radius 1 is 1.56 bits per heavy atom. The fourth-order valence-electron chi connectivity index (χ4n) is 1.71. The maximum Gasteiger partial charge on any atom is 0.407 e. The van der Waals surface area contributed by atoms with Crippen LogP contribution in [0.2, 0.25) is 0 Å². The molecule has 1 N–H and O–H groups in total. The molecule has 1 heterocycles. The smallest absolute Gasteiger partial charge is 0.407 e. The first-order valence-corrected chi connectivity index (χ1v) is 6.92. The number of nitrogens with one attached hydrogen (secondary N) is 1. The van der Waals surface area contributed by atoms with Gasteiger partial charge in [0.1, 0.15) is 0 Å². The van der Waals surface area contributed by atoms with Crippen molar-refractivity contribution in [1.29, 1.82) is 0 Å². The molecule has 0 bridgehead atoms. The van der Waals surface area contributed by atoms with Gasteiger partial charge in [0.25, 0.3) is 0 Å². The van der Waals surface area contributed by atoms with Gasteiger partial charge in [0, 0.05) is 19.1 Å². The van der Waals surface area contributed by atoms with Crippen LogP contribution < -0.4 is 5.32 Å². The average Bonchev–Trinajstić information content (AvgIpc) is 2.66. The summed E-state index contributed by atoms with van der Waals surface area (Å²) in [5.41, 5.74) is 0. The summed E-state index contributed by atoms with van der Waals surface area (Å²) in [5, 5.41) is 2.61. The van der Waals surface area contributed by atoms with Crippen LogP contribution in [-0.2, 0) is 14.8 Å². The standard InChI is InChI=1S/C9H18N2O4S/c1-3-6-16(13,14)11-5-4-8(7-11)10-9(12)15-2/h8H,3-7H2,1-2H3,(H,10,12). The van der Waals surface area contributed by atoms with Crippen molar-refractivity contribution < 1.29 is 17.9 Å². The minimum absolute atomic E-state index is 0.140. The van der Waals surface area contributed by atoms with Gasteiger partial charge in [-0.3, -0.25) is 0 Å². The molecule has 0 aromatic rings. The quantitative estimate of drug-likeness (QED) is 0.771. The summed E-state index contributed by atoms with van der Waals surface area (Å²) in [4.78, 5) is 10.9. The number of amides is 1. The molecule has 1 unspecified atom stereocenters. The van der Waals surface area contributed by atoms with E-state index in [1.165, 1.54) is 11.4 Å². The Morgan fingerprint density at radius 3 is 2.81 bits per heavy atom. The van der Waals surface area contributed by atoms with Crippen LogP contribution in [-0.4, -0.2) is 50.8 Å². The van der Waals surface area contributed by atoms with Gasteiger partial charge < -0.3 is 10.1 Å². The predicted octanol–water partition coefficient (Wildman–Crippen LogP) is 0.157. The first-order valence-electron chi connectivity index (χ1n) is 5.32. The monoisotopic (exact) mass is 250 g/mol. The maximum absolute atomic E-state index is 11.7. The molecule has 0 aliphatic carbocycles. The van der Waals surface area contributed by atoms with Gasteiger partial charge in [0.05, 0.1) is 12.9 Å². The van der Waals surface area contributed by atoms with Gasteiger partial charge in [-0.05, 0) is 12.8 Å². The van der Waals surface area contributed by atoms with Crippen molar-refractivity contribution in [3.63, 3.8) is 0 Å². The van der Waals surface area contributed by atoms with E-state index in [0.29, 0.717) is 25.9 Å². The van der Waals surface area contributed by atoms with Crippen LogP contribution in [0.5, 0.6) is 0 Å². The van der Waals surface area contributed by atoms with Crippen LogP contribution in [0.4, 0.5) is 4.79 Å². The molecule has 16 heavy (non-hydrogen) atoms. The van der Waals surface area contributed by atoms with E-state index >= 15 is 0 Å². The lowest BCUT2D eigenvalue weighted by Crippen LogP contribution is -2.38. The minimum Gasteiger partial charge on any atom is -0.453 e. The molecule has 94 valence electrons. The molecule has 6 nitrogen and oxygen atoms in total. The number of ether oxygens (including phenoxy) is 1. The Bertz CT molecular complexity index is 341. The summed E-state index contributed by atoms with van der Waals surface area (Å²) in [7, 11) is -1.86. The van der Waals surface area contributed by atoms with Crippen molar-refractivity contribution >= 4 is 16.1 Å². The van der Waals surface area contributed by atoms with Crippen molar-refractivity contribution in [2.75, 3.05) is 26.0 Å². The highest BCUT2D eigenvalue weighted by Gasteiger charge is 2.31. The summed E-state index contributed by atoms with van der Waals surface area (Å²) in [6.07, 6.45) is 0.728. The zero-order valence-electron chi connectivity index (χ0n) is 9.60. The molecule has 7 heteroatoms. The number of hydrogen-bond donors (Lipinski definition) is 1. The third-order valence-corrected chi connectivity index (χ3v) is 4.56. The molecule has 1 atom stereocenters. The molecule has 0 aromatic carbocycles. The summed E-state index contributed by atoms with van der Waals surface area (Å²) in [6.45, 7) is 2.65. The van der Waals surface area contributed by atoms with Gasteiger partial charge in [0.2, 0.25) is 10.0 Å². The SMILES string of the molecule is CCCS(=O)(=O)N1CCC(NC(=O)OC)C1. The second-order valence-corrected chi connectivity index (χ2v) is 5.88. The number of nitrogens with zero attached hydrogens (tertiary/aromatic N) is 1. The van der Waals surface area contributed by atoms with Crippen molar-refractivity contribution in [3.05, 3.63) is 0 Å². The lowest BCUT2D eigenvalue weighted by Gasteiger charge is -2.16. The summed E-state index contributed by atoms with van der Waals surface area (Å²) >= 11 is 0. The van der Waals surface area contributed by atoms with Gasteiger partial charge in [-0.1, -0.05) is 6.92 Å². The highest BCUT2D eigenvalue weighted by molar-refractivity contribution is 7.89. The van der Waals surface area contributed by atoms with Crippen LogP contribution >= 0.6 is 0 Å². The van der Waals surface area contributed by atoms with Crippen molar-refractivity contribution in [3.8, 4) is 0 Å². The van der Waals surface area contributed by atoms with Gasteiger partial charge in [0.15, 0.2) is 0 Å². The molecule has 1 saturated heterocycles. The van der Waals surface area contributed by atoms with E-state index in [9.17, 15) is 13.2 Å². The largest absolute Gasteiger partial charge is 0.453 e. The molecular weight excluding hydrogens is 232 g/mol. The zero-order valence-corrected chi connectivity index (χ0v) is 10.4. The third kappa shape index (κ3) is 3.34. The van der Waals surface area contributed by atoms with E-state index in [4.69, 9.17) is 0 Å².